The van der Waals surface area contributed by atoms with Crippen LogP contribution in [-0.2, 0) is 17.4 Å². The zero-order valence-corrected chi connectivity index (χ0v) is 24.1. The summed E-state index contributed by atoms with van der Waals surface area (Å²) < 4.78 is 58.8. The van der Waals surface area contributed by atoms with Crippen molar-refractivity contribution in [1.82, 2.24) is 15.3 Å². The normalized spacial score (nSPS) is 15.3. The fourth-order valence-electron chi connectivity index (χ4n) is 4.98. The molecule has 1 fully saturated rings. The van der Waals surface area contributed by atoms with E-state index in [1.165, 1.54) is 63.4 Å². The smallest absolute Gasteiger partial charge is 0.417 e. The lowest BCUT2D eigenvalue weighted by atomic mass is 9.88. The number of pyridine rings is 2. The molecule has 43 heavy (non-hydrogen) atoms. The number of amides is 1. The minimum Gasteiger partial charge on any atom is -0.494 e. The van der Waals surface area contributed by atoms with Crippen LogP contribution in [0.1, 0.15) is 53.9 Å². The molecule has 12 heteroatoms. The van der Waals surface area contributed by atoms with Gasteiger partial charge in [0.1, 0.15) is 22.7 Å². The summed E-state index contributed by atoms with van der Waals surface area (Å²) in [6.07, 6.45) is -2.67. The van der Waals surface area contributed by atoms with Crippen LogP contribution in [0.15, 0.2) is 54.7 Å². The van der Waals surface area contributed by atoms with Crippen LogP contribution in [0, 0.1) is 11.7 Å². The lowest BCUT2D eigenvalue weighted by Crippen LogP contribution is -2.43. The van der Waals surface area contributed by atoms with Crippen LogP contribution in [0.2, 0.25) is 5.02 Å². The minimum atomic E-state index is -4.63. The molecule has 226 valence electrons. The zero-order valence-electron chi connectivity index (χ0n) is 23.4. The predicted molar refractivity (Wildman–Crippen MR) is 152 cm³/mol. The van der Waals surface area contributed by atoms with Gasteiger partial charge in [-0.25, -0.2) is 9.37 Å². The standard InChI is InChI=1S/C31H28ClF4N3O4/c1-29(2,41)22-13-24(39-27(25(22)32)16-4-8-21(33)9-5-16)30(42,19-6-7-19)15-38-28(40)18-10-17-11-20(31(34,35)36)14-37-26(17)23(12-18)43-3/h4-5,8-14,19,41-42H,6-7,15H2,1-3H3,(H,38,40)/t30-/m1/s1. The Kier molecular flexibility index (Phi) is 7.87. The van der Waals surface area contributed by atoms with Gasteiger partial charge in [-0.15, -0.1) is 0 Å². The molecule has 1 atom stereocenters. The van der Waals surface area contributed by atoms with Crippen LogP contribution in [-0.4, -0.2) is 39.7 Å². The molecule has 2 aromatic carbocycles. The maximum Gasteiger partial charge on any atom is 0.417 e. The second-order valence-corrected chi connectivity index (χ2v) is 11.5. The molecule has 2 aromatic heterocycles. The summed E-state index contributed by atoms with van der Waals surface area (Å²) >= 11 is 6.65. The lowest BCUT2D eigenvalue weighted by molar-refractivity contribution is -0.137. The average Bonchev–Trinajstić information content (AvgIpc) is 3.80. The third-order valence-electron chi connectivity index (χ3n) is 7.51. The van der Waals surface area contributed by atoms with Crippen molar-refractivity contribution in [2.75, 3.05) is 13.7 Å². The number of hydrogen-bond acceptors (Lipinski definition) is 6. The van der Waals surface area contributed by atoms with Gasteiger partial charge in [-0.3, -0.25) is 9.78 Å². The summed E-state index contributed by atoms with van der Waals surface area (Å²) in [4.78, 5) is 21.8. The number of aliphatic hydroxyl groups is 2. The predicted octanol–water partition coefficient (Wildman–Crippen LogP) is 6.37. The zero-order chi connectivity index (χ0) is 31.3. The molecule has 5 rings (SSSR count). The first-order valence-corrected chi connectivity index (χ1v) is 13.7. The molecule has 1 aliphatic rings. The first kappa shape index (κ1) is 30.7. The third-order valence-corrected chi connectivity index (χ3v) is 7.89. The first-order valence-electron chi connectivity index (χ1n) is 13.4. The highest BCUT2D eigenvalue weighted by Gasteiger charge is 2.47. The van der Waals surface area contributed by atoms with Gasteiger partial charge in [0, 0.05) is 28.3 Å². The van der Waals surface area contributed by atoms with Gasteiger partial charge in [0.2, 0.25) is 0 Å². The van der Waals surface area contributed by atoms with Crippen molar-refractivity contribution in [3.63, 3.8) is 0 Å². The number of benzene rings is 2. The molecule has 0 spiro atoms. The van der Waals surface area contributed by atoms with Crippen molar-refractivity contribution in [1.29, 1.82) is 0 Å². The number of aromatic nitrogens is 2. The lowest BCUT2D eigenvalue weighted by Gasteiger charge is -2.31. The largest absolute Gasteiger partial charge is 0.494 e. The Hall–Kier alpha value is -3.80. The van der Waals surface area contributed by atoms with Gasteiger partial charge in [-0.2, -0.15) is 13.2 Å². The van der Waals surface area contributed by atoms with Crippen LogP contribution in [0.3, 0.4) is 0 Å². The first-order chi connectivity index (χ1) is 20.1. The van der Waals surface area contributed by atoms with E-state index in [1.54, 1.807) is 0 Å². The third kappa shape index (κ3) is 6.15. The van der Waals surface area contributed by atoms with E-state index in [0.29, 0.717) is 24.6 Å². The van der Waals surface area contributed by atoms with Crippen LogP contribution < -0.4 is 10.1 Å². The van der Waals surface area contributed by atoms with Crippen molar-refractivity contribution >= 4 is 28.4 Å². The number of nitrogens with zero attached hydrogens (tertiary/aromatic N) is 2. The van der Waals surface area contributed by atoms with Crippen molar-refractivity contribution in [3.05, 3.63) is 88.0 Å². The van der Waals surface area contributed by atoms with E-state index >= 15 is 0 Å². The molecule has 1 amide bonds. The number of alkyl halides is 3. The van der Waals surface area contributed by atoms with Crippen LogP contribution in [0.25, 0.3) is 22.2 Å². The molecular formula is C31H28ClF4N3O4. The molecule has 4 aromatic rings. The van der Waals surface area contributed by atoms with Gasteiger partial charge in [0.15, 0.2) is 0 Å². The molecule has 2 heterocycles. The monoisotopic (exact) mass is 617 g/mol. The highest BCUT2D eigenvalue weighted by molar-refractivity contribution is 6.34. The van der Waals surface area contributed by atoms with Crippen molar-refractivity contribution < 1.29 is 37.3 Å². The van der Waals surface area contributed by atoms with E-state index in [2.05, 4.69) is 15.3 Å². The summed E-state index contributed by atoms with van der Waals surface area (Å²) in [5, 5.41) is 25.7. The molecule has 0 saturated heterocycles. The molecular weight excluding hydrogens is 590 g/mol. The van der Waals surface area contributed by atoms with Gasteiger partial charge in [0.25, 0.3) is 5.91 Å². The molecule has 0 bridgehead atoms. The van der Waals surface area contributed by atoms with Crippen molar-refractivity contribution in [2.24, 2.45) is 5.92 Å². The maximum atomic E-state index is 13.6. The topological polar surface area (TPSA) is 105 Å². The van der Waals surface area contributed by atoms with E-state index in [9.17, 15) is 32.6 Å². The van der Waals surface area contributed by atoms with E-state index in [0.717, 1.165) is 6.07 Å². The molecule has 3 N–H and O–H groups in total. The molecule has 1 saturated carbocycles. The Morgan fingerprint density at radius 2 is 1.77 bits per heavy atom. The fraction of sp³-hybridized carbons (Fsp3) is 0.323. The summed E-state index contributed by atoms with van der Waals surface area (Å²) in [7, 11) is 1.31. The Labute approximate surface area is 249 Å². The maximum absolute atomic E-state index is 13.6. The summed E-state index contributed by atoms with van der Waals surface area (Å²) in [6, 6.07) is 10.4. The van der Waals surface area contributed by atoms with Crippen LogP contribution >= 0.6 is 11.6 Å². The Morgan fingerprint density at radius 3 is 2.35 bits per heavy atom. The Balaban J connectivity index is 1.52. The van der Waals surface area contributed by atoms with E-state index < -0.39 is 34.7 Å². The van der Waals surface area contributed by atoms with Crippen LogP contribution in [0.5, 0.6) is 5.75 Å². The molecule has 0 radical (unpaired) electrons. The number of nitrogens with one attached hydrogen (secondary N) is 1. The van der Waals surface area contributed by atoms with Crippen LogP contribution in [0.4, 0.5) is 17.6 Å². The number of hydrogen-bond donors (Lipinski definition) is 3. The molecule has 0 unspecified atom stereocenters. The Bertz CT molecular complexity index is 1700. The van der Waals surface area contributed by atoms with Gasteiger partial charge >= 0.3 is 6.18 Å². The summed E-state index contributed by atoms with van der Waals surface area (Å²) in [5.74, 6) is -1.33. The van der Waals surface area contributed by atoms with Gasteiger partial charge in [-0.1, -0.05) is 11.6 Å². The minimum absolute atomic E-state index is 0.00290. The fourth-order valence-corrected chi connectivity index (χ4v) is 5.41. The summed E-state index contributed by atoms with van der Waals surface area (Å²) in [5.41, 5.74) is -2.87. The quantitative estimate of drug-likeness (QED) is 0.199. The van der Waals surface area contributed by atoms with E-state index in [1.807, 2.05) is 0 Å². The average molecular weight is 618 g/mol. The summed E-state index contributed by atoms with van der Waals surface area (Å²) in [6.45, 7) is 2.74. The van der Waals surface area contributed by atoms with Gasteiger partial charge in [0.05, 0.1) is 41.2 Å². The van der Waals surface area contributed by atoms with Crippen molar-refractivity contribution in [2.45, 2.75) is 44.1 Å². The molecule has 7 nitrogen and oxygen atoms in total. The highest BCUT2D eigenvalue weighted by Crippen LogP contribution is 2.47. The number of halogens is 5. The number of carbonyl (C=O) groups is 1. The molecule has 0 aliphatic heterocycles. The second kappa shape index (κ2) is 11.0. The number of rotatable bonds is 8. The number of ether oxygens (including phenoxy) is 1. The highest BCUT2D eigenvalue weighted by atomic mass is 35.5. The molecule has 1 aliphatic carbocycles. The van der Waals surface area contributed by atoms with E-state index in [4.69, 9.17) is 16.3 Å². The van der Waals surface area contributed by atoms with Crippen molar-refractivity contribution in [3.8, 4) is 17.0 Å². The number of methoxy groups -OCH3 is 1. The SMILES string of the molecule is COc1cc(C(=O)NC[C@](O)(c2cc(C(C)(C)O)c(Cl)c(-c3ccc(F)cc3)n2)C2CC2)cc2cc(C(F)(F)F)cnc12. The van der Waals surface area contributed by atoms with Gasteiger partial charge < -0.3 is 20.3 Å². The number of fused-ring (bicyclic) bond motifs is 1. The van der Waals surface area contributed by atoms with E-state index in [-0.39, 0.29) is 56.7 Å². The Morgan fingerprint density at radius 1 is 1.09 bits per heavy atom. The second-order valence-electron chi connectivity index (χ2n) is 11.1. The number of carbonyl (C=O) groups excluding carboxylic acids is 1. The van der Waals surface area contributed by atoms with Gasteiger partial charge in [-0.05, 0) is 81.1 Å².